The van der Waals surface area contributed by atoms with Crippen LogP contribution in [0.3, 0.4) is 0 Å². The van der Waals surface area contributed by atoms with E-state index in [1.165, 1.54) is 6.92 Å². The standard InChI is InChI=1S/C30H34F6N2O4/c1-18(21-13-22(29(31,32)33)15-23(14-21)30(34,35)36)42-26-11-12-38(16-25(26)19-5-3-2-4-6-19)28(41)20-7-9-24(10-8-20)37-27(40)17-39/h2-6,13-15,18,20,24-26,39H,7-12,16-17H2,1H3,(H,37,40)/t18-,20?,24?,25+,26+/m1/s1. The molecular formula is C30H34F6N2O4. The lowest BCUT2D eigenvalue weighted by Crippen LogP contribution is -2.49. The first-order valence-corrected chi connectivity index (χ1v) is 13.9. The van der Waals surface area contributed by atoms with Gasteiger partial charge in [-0.2, -0.15) is 26.3 Å². The van der Waals surface area contributed by atoms with E-state index < -0.39 is 48.2 Å². The van der Waals surface area contributed by atoms with Crippen LogP contribution in [-0.4, -0.2) is 53.7 Å². The largest absolute Gasteiger partial charge is 0.416 e. The summed E-state index contributed by atoms with van der Waals surface area (Å²) < 4.78 is 86.8. The third-order valence-corrected chi connectivity index (χ3v) is 8.13. The Morgan fingerprint density at radius 1 is 0.952 bits per heavy atom. The third-order valence-electron chi connectivity index (χ3n) is 8.13. The van der Waals surface area contributed by atoms with Crippen LogP contribution in [0.5, 0.6) is 0 Å². The molecule has 0 radical (unpaired) electrons. The minimum absolute atomic E-state index is 0.0259. The molecule has 6 nitrogen and oxygen atoms in total. The quantitative estimate of drug-likeness (QED) is 0.391. The number of benzene rings is 2. The normalized spacial score (nSPS) is 24.2. The highest BCUT2D eigenvalue weighted by Crippen LogP contribution is 2.40. The number of piperidine rings is 1. The number of ether oxygens (including phenoxy) is 1. The number of nitrogens with one attached hydrogen (secondary N) is 1. The zero-order chi connectivity index (χ0) is 30.7. The minimum atomic E-state index is -4.96. The van der Waals surface area contributed by atoms with E-state index >= 15 is 0 Å². The lowest BCUT2D eigenvalue weighted by Gasteiger charge is -2.41. The number of halogens is 6. The van der Waals surface area contributed by atoms with Crippen LogP contribution < -0.4 is 5.32 Å². The number of aliphatic hydroxyl groups is 1. The summed E-state index contributed by atoms with van der Waals surface area (Å²) in [6, 6.07) is 10.6. The fourth-order valence-corrected chi connectivity index (χ4v) is 5.88. The number of hydrogen-bond donors (Lipinski definition) is 2. The second kappa shape index (κ2) is 13.0. The zero-order valence-corrected chi connectivity index (χ0v) is 23.0. The van der Waals surface area contributed by atoms with Crippen molar-refractivity contribution in [2.75, 3.05) is 19.7 Å². The molecule has 230 valence electrons. The monoisotopic (exact) mass is 600 g/mol. The van der Waals surface area contributed by atoms with Gasteiger partial charge in [0.25, 0.3) is 0 Å². The van der Waals surface area contributed by atoms with Crippen LogP contribution in [0, 0.1) is 5.92 Å². The average Bonchev–Trinajstić information content (AvgIpc) is 2.96. The van der Waals surface area contributed by atoms with Gasteiger partial charge >= 0.3 is 12.4 Å². The fourth-order valence-electron chi connectivity index (χ4n) is 5.88. The predicted octanol–water partition coefficient (Wildman–Crippen LogP) is 5.85. The van der Waals surface area contributed by atoms with E-state index in [2.05, 4.69) is 5.32 Å². The van der Waals surface area contributed by atoms with Gasteiger partial charge in [-0.05, 0) is 68.4 Å². The highest BCUT2D eigenvalue weighted by atomic mass is 19.4. The molecule has 0 aromatic heterocycles. The first kappa shape index (κ1) is 31.8. The molecule has 2 amide bonds. The first-order chi connectivity index (χ1) is 19.8. The van der Waals surface area contributed by atoms with Gasteiger partial charge in [-0.1, -0.05) is 30.3 Å². The Bertz CT molecular complexity index is 1200. The lowest BCUT2D eigenvalue weighted by atomic mass is 9.83. The highest BCUT2D eigenvalue weighted by molar-refractivity contribution is 5.79. The lowest BCUT2D eigenvalue weighted by molar-refractivity contribution is -0.143. The maximum Gasteiger partial charge on any atom is 0.416 e. The number of alkyl halides is 6. The molecule has 2 fully saturated rings. The Labute approximate surface area is 240 Å². The summed E-state index contributed by atoms with van der Waals surface area (Å²) >= 11 is 0. The van der Waals surface area contributed by atoms with Crippen molar-refractivity contribution in [2.45, 2.75) is 75.5 Å². The topological polar surface area (TPSA) is 78.9 Å². The Hall–Kier alpha value is -3.12. The molecule has 12 heteroatoms. The molecule has 0 bridgehead atoms. The van der Waals surface area contributed by atoms with Crippen LogP contribution in [0.2, 0.25) is 0 Å². The second-order valence-electron chi connectivity index (χ2n) is 11.0. The molecule has 1 heterocycles. The summed E-state index contributed by atoms with van der Waals surface area (Å²) in [5.74, 6) is -1.06. The molecule has 2 N–H and O–H groups in total. The second-order valence-corrected chi connectivity index (χ2v) is 11.0. The molecule has 1 saturated heterocycles. The van der Waals surface area contributed by atoms with Crippen LogP contribution in [0.1, 0.15) is 73.3 Å². The van der Waals surface area contributed by atoms with Gasteiger partial charge in [0, 0.05) is 31.0 Å². The van der Waals surface area contributed by atoms with E-state index in [0.29, 0.717) is 50.8 Å². The van der Waals surface area contributed by atoms with Gasteiger partial charge in [-0.15, -0.1) is 0 Å². The summed E-state index contributed by atoms with van der Waals surface area (Å²) in [4.78, 5) is 26.7. The number of amides is 2. The average molecular weight is 601 g/mol. The highest BCUT2D eigenvalue weighted by Gasteiger charge is 2.40. The Kier molecular flexibility index (Phi) is 9.87. The van der Waals surface area contributed by atoms with Crippen molar-refractivity contribution in [3.8, 4) is 0 Å². The zero-order valence-electron chi connectivity index (χ0n) is 23.0. The molecule has 2 aromatic rings. The Morgan fingerprint density at radius 2 is 1.55 bits per heavy atom. The molecule has 3 atom stereocenters. The summed E-state index contributed by atoms with van der Waals surface area (Å²) in [5.41, 5.74) is -2.17. The molecular weight excluding hydrogens is 566 g/mol. The van der Waals surface area contributed by atoms with Crippen LogP contribution in [0.4, 0.5) is 26.3 Å². The maximum atomic E-state index is 13.5. The van der Waals surface area contributed by atoms with Gasteiger partial charge in [0.15, 0.2) is 0 Å². The molecule has 0 unspecified atom stereocenters. The van der Waals surface area contributed by atoms with E-state index in [1.54, 1.807) is 4.90 Å². The maximum absolute atomic E-state index is 13.5. The Balaban J connectivity index is 1.50. The molecule has 0 spiro atoms. The van der Waals surface area contributed by atoms with E-state index in [9.17, 15) is 35.9 Å². The molecule has 42 heavy (non-hydrogen) atoms. The minimum Gasteiger partial charge on any atom is -0.387 e. The van der Waals surface area contributed by atoms with Crippen LogP contribution in [0.15, 0.2) is 48.5 Å². The molecule has 1 aliphatic carbocycles. The van der Waals surface area contributed by atoms with Gasteiger partial charge in [0.2, 0.25) is 11.8 Å². The van der Waals surface area contributed by atoms with Gasteiger partial charge in [-0.25, -0.2) is 0 Å². The van der Waals surface area contributed by atoms with Crippen LogP contribution in [0.25, 0.3) is 0 Å². The fraction of sp³-hybridized carbons (Fsp3) is 0.533. The van der Waals surface area contributed by atoms with Gasteiger partial charge in [0.05, 0.1) is 23.3 Å². The third kappa shape index (κ3) is 7.83. The van der Waals surface area contributed by atoms with E-state index in [-0.39, 0.29) is 42.0 Å². The Morgan fingerprint density at radius 3 is 2.10 bits per heavy atom. The van der Waals surface area contributed by atoms with Crippen molar-refractivity contribution < 1.29 is 45.8 Å². The van der Waals surface area contributed by atoms with Crippen molar-refractivity contribution in [1.82, 2.24) is 10.2 Å². The number of aliphatic hydroxyl groups excluding tert-OH is 1. The van der Waals surface area contributed by atoms with Gasteiger partial charge in [-0.3, -0.25) is 9.59 Å². The van der Waals surface area contributed by atoms with Crippen LogP contribution >= 0.6 is 0 Å². The SMILES string of the molecule is C[C@@H](O[C@H]1CCN(C(=O)C2CCC(NC(=O)CO)CC2)C[C@H]1c1ccccc1)c1cc(C(F)(F)F)cc(C(F)(F)F)c1. The number of likely N-dealkylation sites (tertiary alicyclic amines) is 1. The summed E-state index contributed by atoms with van der Waals surface area (Å²) in [7, 11) is 0. The molecule has 1 aliphatic heterocycles. The molecule has 2 aromatic carbocycles. The summed E-state index contributed by atoms with van der Waals surface area (Å²) in [6.07, 6.45) is -8.82. The molecule has 4 rings (SSSR count). The van der Waals surface area contributed by atoms with E-state index in [0.717, 1.165) is 5.56 Å². The number of nitrogens with zero attached hydrogens (tertiary/aromatic N) is 1. The van der Waals surface area contributed by atoms with Crippen molar-refractivity contribution in [3.05, 3.63) is 70.8 Å². The molecule has 1 saturated carbocycles. The van der Waals surface area contributed by atoms with Gasteiger partial charge in [0.1, 0.15) is 6.61 Å². The van der Waals surface area contributed by atoms with Crippen molar-refractivity contribution in [1.29, 1.82) is 0 Å². The van der Waals surface area contributed by atoms with Crippen molar-refractivity contribution in [2.24, 2.45) is 5.92 Å². The summed E-state index contributed by atoms with van der Waals surface area (Å²) in [6.45, 7) is 1.46. The number of carbonyl (C=O) groups excluding carboxylic acids is 2. The number of hydrogen-bond acceptors (Lipinski definition) is 4. The number of carbonyl (C=O) groups is 2. The van der Waals surface area contributed by atoms with Crippen molar-refractivity contribution >= 4 is 11.8 Å². The number of rotatable bonds is 7. The smallest absolute Gasteiger partial charge is 0.387 e. The molecule has 2 aliphatic rings. The van der Waals surface area contributed by atoms with Gasteiger partial charge < -0.3 is 20.1 Å². The van der Waals surface area contributed by atoms with E-state index in [1.807, 2.05) is 30.3 Å². The van der Waals surface area contributed by atoms with Crippen LogP contribution in [-0.2, 0) is 26.7 Å². The van der Waals surface area contributed by atoms with E-state index in [4.69, 9.17) is 9.84 Å². The first-order valence-electron chi connectivity index (χ1n) is 13.9. The summed E-state index contributed by atoms with van der Waals surface area (Å²) in [5, 5.41) is 11.7. The van der Waals surface area contributed by atoms with Crippen molar-refractivity contribution in [3.63, 3.8) is 0 Å². The predicted molar refractivity (Wildman–Crippen MR) is 141 cm³/mol.